The number of aromatic nitrogens is 1. The number of nitrogens with zero attached hydrogens (tertiary/aromatic N) is 1. The predicted octanol–water partition coefficient (Wildman–Crippen LogP) is 2.72. The maximum Gasteiger partial charge on any atom is 0.172 e. The quantitative estimate of drug-likeness (QED) is 0.728. The average molecular weight is 211 g/mol. The number of hydrogen-bond acceptors (Lipinski definition) is 3. The van der Waals surface area contributed by atoms with Crippen LogP contribution in [0.25, 0.3) is 17.0 Å². The molecule has 0 bridgehead atoms. The van der Waals surface area contributed by atoms with Crippen LogP contribution in [-0.4, -0.2) is 15.9 Å². The summed E-state index contributed by atoms with van der Waals surface area (Å²) in [5.41, 5.74) is 1.99. The minimum atomic E-state index is -0.0757. The highest BCUT2D eigenvalue weighted by Crippen LogP contribution is 2.24. The van der Waals surface area contributed by atoms with Crippen LogP contribution in [-0.2, 0) is 0 Å². The molecule has 0 aliphatic heterocycles. The van der Waals surface area contributed by atoms with Gasteiger partial charge in [-0.25, -0.2) is 4.98 Å². The topological polar surface area (TPSA) is 50.2 Å². The van der Waals surface area contributed by atoms with Crippen LogP contribution < -0.4 is 0 Å². The molecule has 16 heavy (non-hydrogen) atoms. The fraction of sp³-hybridized carbons (Fsp3) is 0.0769. The first-order chi connectivity index (χ1) is 7.74. The molecule has 2 aromatic rings. The van der Waals surface area contributed by atoms with Gasteiger partial charge in [-0.2, -0.15) is 0 Å². The zero-order valence-corrected chi connectivity index (χ0v) is 8.47. The fourth-order valence-corrected chi connectivity index (χ4v) is 1.93. The van der Waals surface area contributed by atoms with E-state index in [0.29, 0.717) is 11.3 Å². The van der Waals surface area contributed by atoms with Gasteiger partial charge in [0, 0.05) is 17.0 Å². The molecule has 1 aromatic carbocycles. The van der Waals surface area contributed by atoms with E-state index in [-0.39, 0.29) is 18.0 Å². The highest BCUT2D eigenvalue weighted by Gasteiger charge is 2.19. The highest BCUT2D eigenvalue weighted by molar-refractivity contribution is 6.05. The van der Waals surface area contributed by atoms with E-state index in [4.69, 9.17) is 0 Å². The molecule has 1 N–H and O–H groups in total. The molecule has 1 aromatic heterocycles. The lowest BCUT2D eigenvalue weighted by molar-refractivity contribution is 0.0978. The van der Waals surface area contributed by atoms with E-state index in [1.807, 2.05) is 30.3 Å². The van der Waals surface area contributed by atoms with E-state index in [1.165, 1.54) is 0 Å². The molecule has 0 spiro atoms. The molecule has 0 atom stereocenters. The highest BCUT2D eigenvalue weighted by atomic mass is 16.3. The Hall–Kier alpha value is -2.16. The van der Waals surface area contributed by atoms with Gasteiger partial charge in [0.05, 0.1) is 17.6 Å². The van der Waals surface area contributed by atoms with Crippen molar-refractivity contribution in [2.45, 2.75) is 6.42 Å². The molecule has 3 heteroatoms. The van der Waals surface area contributed by atoms with Crippen molar-refractivity contribution in [2.75, 3.05) is 0 Å². The Bertz CT molecular complexity index is 629. The second-order valence-corrected chi connectivity index (χ2v) is 3.85. The van der Waals surface area contributed by atoms with Crippen LogP contribution in [0.5, 0.6) is 0 Å². The zero-order valence-electron chi connectivity index (χ0n) is 8.47. The molecule has 1 aliphatic rings. The first-order valence-corrected chi connectivity index (χ1v) is 5.06. The normalized spacial score (nSPS) is 14.8. The van der Waals surface area contributed by atoms with Crippen molar-refractivity contribution < 1.29 is 9.90 Å². The van der Waals surface area contributed by atoms with Gasteiger partial charge >= 0.3 is 0 Å². The molecule has 3 nitrogen and oxygen atoms in total. The van der Waals surface area contributed by atoms with Gasteiger partial charge < -0.3 is 5.11 Å². The van der Waals surface area contributed by atoms with Crippen molar-refractivity contribution in [3.8, 4) is 0 Å². The van der Waals surface area contributed by atoms with Gasteiger partial charge in [-0.1, -0.05) is 18.2 Å². The Labute approximate surface area is 92.1 Å². The summed E-state index contributed by atoms with van der Waals surface area (Å²) >= 11 is 0. The van der Waals surface area contributed by atoms with Gasteiger partial charge in [0.1, 0.15) is 5.76 Å². The number of allylic oxidation sites excluding steroid dienone is 1. The van der Waals surface area contributed by atoms with Crippen LogP contribution in [0, 0.1) is 0 Å². The van der Waals surface area contributed by atoms with Gasteiger partial charge in [0.25, 0.3) is 0 Å². The Morgan fingerprint density at radius 2 is 2.06 bits per heavy atom. The zero-order chi connectivity index (χ0) is 11.1. The van der Waals surface area contributed by atoms with Gasteiger partial charge in [-0.05, 0) is 12.1 Å². The fourth-order valence-electron chi connectivity index (χ4n) is 1.93. The smallest absolute Gasteiger partial charge is 0.172 e. The van der Waals surface area contributed by atoms with Crippen molar-refractivity contribution in [3.05, 3.63) is 47.3 Å². The molecule has 3 rings (SSSR count). The molecular weight excluding hydrogens is 202 g/mol. The second-order valence-electron chi connectivity index (χ2n) is 3.85. The number of hydrogen-bond donors (Lipinski definition) is 1. The summed E-state index contributed by atoms with van der Waals surface area (Å²) < 4.78 is 0. The number of fused-ring (bicyclic) bond motifs is 2. The van der Waals surface area contributed by atoms with Crippen molar-refractivity contribution in [1.82, 2.24) is 4.98 Å². The van der Waals surface area contributed by atoms with E-state index >= 15 is 0 Å². The average Bonchev–Trinajstić information content (AvgIpc) is 2.27. The summed E-state index contributed by atoms with van der Waals surface area (Å²) in [7, 11) is 0. The van der Waals surface area contributed by atoms with Crippen LogP contribution >= 0.6 is 0 Å². The third-order valence-electron chi connectivity index (χ3n) is 2.70. The third kappa shape index (κ3) is 1.29. The maximum absolute atomic E-state index is 11.7. The van der Waals surface area contributed by atoms with Gasteiger partial charge in [-0.15, -0.1) is 0 Å². The molecular formula is C13H9NO2. The van der Waals surface area contributed by atoms with E-state index in [0.717, 1.165) is 10.9 Å². The Kier molecular flexibility index (Phi) is 1.80. The predicted molar refractivity (Wildman–Crippen MR) is 61.3 cm³/mol. The lowest BCUT2D eigenvalue weighted by atomic mass is 9.98. The standard InChI is InChI=1S/C13H9NO2/c15-9-6-12-10(13(16)7-9)5-8-3-1-2-4-11(8)14-12/h1-6,15H,7H2. The minimum Gasteiger partial charge on any atom is -0.512 e. The number of carbonyl (C=O) groups is 1. The molecule has 78 valence electrons. The van der Waals surface area contributed by atoms with E-state index in [2.05, 4.69) is 4.98 Å². The van der Waals surface area contributed by atoms with Crippen LogP contribution in [0.2, 0.25) is 0 Å². The van der Waals surface area contributed by atoms with Gasteiger partial charge in [0.2, 0.25) is 0 Å². The van der Waals surface area contributed by atoms with Crippen molar-refractivity contribution in [1.29, 1.82) is 0 Å². The van der Waals surface area contributed by atoms with E-state index < -0.39 is 0 Å². The van der Waals surface area contributed by atoms with Crippen molar-refractivity contribution >= 4 is 22.8 Å². The lowest BCUT2D eigenvalue weighted by Crippen LogP contribution is -2.09. The number of pyridine rings is 1. The van der Waals surface area contributed by atoms with E-state index in [1.54, 1.807) is 6.08 Å². The molecule has 0 radical (unpaired) electrons. The first kappa shape index (κ1) is 9.09. The van der Waals surface area contributed by atoms with Crippen molar-refractivity contribution in [3.63, 3.8) is 0 Å². The molecule has 0 unspecified atom stereocenters. The summed E-state index contributed by atoms with van der Waals surface area (Å²) in [6, 6.07) is 9.46. The third-order valence-corrected chi connectivity index (χ3v) is 2.70. The van der Waals surface area contributed by atoms with Crippen LogP contribution in [0.3, 0.4) is 0 Å². The number of aliphatic hydroxyl groups excluding tert-OH is 1. The number of aliphatic hydroxyl groups is 1. The number of Topliss-reactive ketones (excluding diaryl/α,β-unsaturated/α-hetero) is 1. The summed E-state index contributed by atoms with van der Waals surface area (Å²) in [5.74, 6) is 0.00790. The number of benzene rings is 1. The van der Waals surface area contributed by atoms with Gasteiger partial charge in [-0.3, -0.25) is 4.79 Å². The molecule has 0 amide bonds. The molecule has 0 saturated heterocycles. The second kappa shape index (κ2) is 3.17. The summed E-state index contributed by atoms with van der Waals surface area (Å²) in [6.07, 6.45) is 1.64. The van der Waals surface area contributed by atoms with Crippen LogP contribution in [0.4, 0.5) is 0 Å². The first-order valence-electron chi connectivity index (χ1n) is 5.06. The SMILES string of the molecule is O=C1CC(O)=Cc2nc3ccccc3cc21. The Morgan fingerprint density at radius 1 is 1.25 bits per heavy atom. The number of ketones is 1. The molecule has 1 aliphatic carbocycles. The van der Waals surface area contributed by atoms with Gasteiger partial charge in [0.15, 0.2) is 5.78 Å². The lowest BCUT2D eigenvalue weighted by Gasteiger charge is -2.11. The largest absolute Gasteiger partial charge is 0.512 e. The Morgan fingerprint density at radius 3 is 2.94 bits per heavy atom. The van der Waals surface area contributed by atoms with Crippen LogP contribution in [0.1, 0.15) is 22.5 Å². The maximum atomic E-state index is 11.7. The summed E-state index contributed by atoms with van der Waals surface area (Å²) in [5, 5.41) is 10.3. The molecule has 1 heterocycles. The van der Waals surface area contributed by atoms with Crippen molar-refractivity contribution in [2.24, 2.45) is 0 Å². The molecule has 0 saturated carbocycles. The summed E-state index contributed by atoms with van der Waals surface area (Å²) in [4.78, 5) is 16.1. The monoisotopic (exact) mass is 211 g/mol. The minimum absolute atomic E-state index is 0.0757. The van der Waals surface area contributed by atoms with Crippen LogP contribution in [0.15, 0.2) is 36.1 Å². The van der Waals surface area contributed by atoms with E-state index in [9.17, 15) is 9.90 Å². The molecule has 0 fully saturated rings. The number of rotatable bonds is 0. The number of para-hydroxylation sites is 1. The number of carbonyl (C=O) groups excluding carboxylic acids is 1. The Balaban J connectivity index is 2.35. The summed E-state index contributed by atoms with van der Waals surface area (Å²) in [6.45, 7) is 0.